The number of halogens is 1. The predicted octanol–water partition coefficient (Wildman–Crippen LogP) is 1.75. The molecule has 0 rings (SSSR count). The van der Waals surface area contributed by atoms with Crippen LogP contribution in [0.2, 0.25) is 0 Å². The van der Waals surface area contributed by atoms with E-state index in [4.69, 9.17) is 21.1 Å². The topological polar surface area (TPSA) is 35.5 Å². The fourth-order valence-electron chi connectivity index (χ4n) is 0.579. The Hall–Kier alpha value is -0.380. The molecule has 0 aliphatic carbocycles. The van der Waals surface area contributed by atoms with E-state index in [9.17, 15) is 4.79 Å². The largest absolute Gasteiger partial charge is 0.375 e. The van der Waals surface area contributed by atoms with E-state index in [-0.39, 0.29) is 0 Å². The van der Waals surface area contributed by atoms with Gasteiger partial charge in [0, 0.05) is 0 Å². The number of rotatable bonds is 7. The molecule has 0 aromatic rings. The molecule has 0 atom stereocenters. The zero-order valence-electron chi connectivity index (χ0n) is 8.01. The van der Waals surface area contributed by atoms with E-state index in [1.165, 1.54) is 0 Å². The van der Waals surface area contributed by atoms with E-state index >= 15 is 0 Å². The summed E-state index contributed by atoms with van der Waals surface area (Å²) in [5, 5.41) is -0.503. The van der Waals surface area contributed by atoms with E-state index in [0.29, 0.717) is 19.8 Å². The molecule has 0 unspecified atom stereocenters. The van der Waals surface area contributed by atoms with E-state index in [1.807, 2.05) is 0 Å². The Morgan fingerprint density at radius 3 is 2.62 bits per heavy atom. The molecule has 0 aliphatic heterocycles. The van der Waals surface area contributed by atoms with Crippen LogP contribution in [0.4, 0.5) is 0 Å². The Labute approximate surface area is 83.7 Å². The van der Waals surface area contributed by atoms with E-state index in [1.54, 1.807) is 19.9 Å². The molecule has 13 heavy (non-hydrogen) atoms. The van der Waals surface area contributed by atoms with Gasteiger partial charge in [-0.2, -0.15) is 0 Å². The number of carbonyl (C=O) groups excluding carboxylic acids is 1. The van der Waals surface area contributed by atoms with Crippen LogP contribution in [-0.4, -0.2) is 30.7 Å². The van der Waals surface area contributed by atoms with Crippen LogP contribution in [0.25, 0.3) is 0 Å². The zero-order valence-corrected chi connectivity index (χ0v) is 8.76. The standard InChI is InChI=1S/C9H15ClO3/c1-4-5-12-6-7-13-9(2,3)8(10)11/h4H,1,5-7H2,2-3H3. The van der Waals surface area contributed by atoms with Crippen LogP contribution in [0.1, 0.15) is 13.8 Å². The maximum absolute atomic E-state index is 10.8. The molecular formula is C9H15ClO3. The Morgan fingerprint density at radius 1 is 1.54 bits per heavy atom. The van der Waals surface area contributed by atoms with Crippen molar-refractivity contribution in [3.05, 3.63) is 12.7 Å². The summed E-state index contributed by atoms with van der Waals surface area (Å²) in [6.45, 7) is 8.00. The lowest BCUT2D eigenvalue weighted by molar-refractivity contribution is -0.133. The number of hydrogen-bond acceptors (Lipinski definition) is 3. The van der Waals surface area contributed by atoms with Crippen molar-refractivity contribution in [3.8, 4) is 0 Å². The fraction of sp³-hybridized carbons (Fsp3) is 0.667. The van der Waals surface area contributed by atoms with Crippen LogP contribution in [0, 0.1) is 0 Å². The fourth-order valence-corrected chi connectivity index (χ4v) is 0.634. The highest BCUT2D eigenvalue weighted by Gasteiger charge is 2.26. The van der Waals surface area contributed by atoms with Crippen molar-refractivity contribution in [1.82, 2.24) is 0 Å². The maximum Gasteiger partial charge on any atom is 0.253 e. The first kappa shape index (κ1) is 12.6. The second kappa shape index (κ2) is 6.13. The second-order valence-corrected chi connectivity index (χ2v) is 3.34. The summed E-state index contributed by atoms with van der Waals surface area (Å²) >= 11 is 5.29. The highest BCUT2D eigenvalue weighted by Crippen LogP contribution is 2.12. The van der Waals surface area contributed by atoms with Crippen LogP contribution in [0.15, 0.2) is 12.7 Å². The van der Waals surface area contributed by atoms with Gasteiger partial charge in [0.15, 0.2) is 0 Å². The second-order valence-electron chi connectivity index (χ2n) is 3.00. The Kier molecular flexibility index (Phi) is 5.95. The van der Waals surface area contributed by atoms with Crippen LogP contribution in [0.5, 0.6) is 0 Å². The van der Waals surface area contributed by atoms with Crippen molar-refractivity contribution in [2.75, 3.05) is 19.8 Å². The monoisotopic (exact) mass is 206 g/mol. The van der Waals surface area contributed by atoms with Gasteiger partial charge in [-0.15, -0.1) is 6.58 Å². The smallest absolute Gasteiger partial charge is 0.253 e. The van der Waals surface area contributed by atoms with Gasteiger partial charge in [-0.1, -0.05) is 6.08 Å². The molecule has 0 amide bonds. The van der Waals surface area contributed by atoms with Crippen molar-refractivity contribution in [1.29, 1.82) is 0 Å². The van der Waals surface area contributed by atoms with Gasteiger partial charge in [0.2, 0.25) is 0 Å². The van der Waals surface area contributed by atoms with Crippen molar-refractivity contribution < 1.29 is 14.3 Å². The van der Waals surface area contributed by atoms with Crippen LogP contribution >= 0.6 is 11.6 Å². The summed E-state index contributed by atoms with van der Waals surface area (Å²) in [4.78, 5) is 10.8. The van der Waals surface area contributed by atoms with Crippen molar-refractivity contribution in [2.45, 2.75) is 19.4 Å². The lowest BCUT2D eigenvalue weighted by Crippen LogP contribution is -2.32. The van der Waals surface area contributed by atoms with E-state index < -0.39 is 10.8 Å². The normalized spacial score (nSPS) is 11.3. The average molecular weight is 207 g/mol. The van der Waals surface area contributed by atoms with Crippen molar-refractivity contribution in [3.63, 3.8) is 0 Å². The van der Waals surface area contributed by atoms with Gasteiger partial charge in [0.05, 0.1) is 19.8 Å². The first-order valence-corrected chi connectivity index (χ1v) is 4.41. The summed E-state index contributed by atoms with van der Waals surface area (Å²) in [6, 6.07) is 0. The van der Waals surface area contributed by atoms with Gasteiger partial charge in [0.25, 0.3) is 5.24 Å². The summed E-state index contributed by atoms with van der Waals surface area (Å²) in [5.74, 6) is 0. The molecular weight excluding hydrogens is 192 g/mol. The predicted molar refractivity (Wildman–Crippen MR) is 51.9 cm³/mol. The molecule has 4 heteroatoms. The van der Waals surface area contributed by atoms with Gasteiger partial charge in [0.1, 0.15) is 5.60 Å². The Balaban J connectivity index is 3.52. The van der Waals surface area contributed by atoms with Crippen LogP contribution in [0.3, 0.4) is 0 Å². The van der Waals surface area contributed by atoms with Gasteiger partial charge in [-0.3, -0.25) is 4.79 Å². The van der Waals surface area contributed by atoms with Gasteiger partial charge >= 0.3 is 0 Å². The Morgan fingerprint density at radius 2 is 2.15 bits per heavy atom. The maximum atomic E-state index is 10.8. The van der Waals surface area contributed by atoms with Crippen LogP contribution < -0.4 is 0 Å². The lowest BCUT2D eigenvalue weighted by Gasteiger charge is -2.20. The van der Waals surface area contributed by atoms with Crippen LogP contribution in [-0.2, 0) is 14.3 Å². The summed E-state index contributed by atoms with van der Waals surface area (Å²) in [7, 11) is 0. The highest BCUT2D eigenvalue weighted by atomic mass is 35.5. The van der Waals surface area contributed by atoms with Crippen molar-refractivity contribution in [2.24, 2.45) is 0 Å². The molecule has 0 saturated carbocycles. The highest BCUT2D eigenvalue weighted by molar-refractivity contribution is 6.65. The van der Waals surface area contributed by atoms with E-state index in [0.717, 1.165) is 0 Å². The summed E-state index contributed by atoms with van der Waals surface area (Å²) in [5.41, 5.74) is -0.931. The number of ether oxygens (including phenoxy) is 2. The first-order valence-electron chi connectivity index (χ1n) is 4.03. The zero-order chi connectivity index (χ0) is 10.3. The molecule has 0 heterocycles. The summed E-state index contributed by atoms with van der Waals surface area (Å²) < 4.78 is 10.3. The first-order chi connectivity index (χ1) is 6.00. The van der Waals surface area contributed by atoms with Gasteiger partial charge < -0.3 is 9.47 Å². The third kappa shape index (κ3) is 5.80. The Bertz CT molecular complexity index is 178. The minimum absolute atomic E-state index is 0.347. The molecule has 0 saturated heterocycles. The van der Waals surface area contributed by atoms with E-state index in [2.05, 4.69) is 6.58 Å². The third-order valence-electron chi connectivity index (χ3n) is 1.40. The van der Waals surface area contributed by atoms with Gasteiger partial charge in [-0.05, 0) is 25.4 Å². The molecule has 3 nitrogen and oxygen atoms in total. The molecule has 0 bridgehead atoms. The average Bonchev–Trinajstić information content (AvgIpc) is 2.03. The molecule has 0 aromatic carbocycles. The number of hydrogen-bond donors (Lipinski definition) is 0. The molecule has 76 valence electrons. The number of carbonyl (C=O) groups is 1. The third-order valence-corrected chi connectivity index (χ3v) is 1.85. The minimum atomic E-state index is -0.931. The molecule has 0 aliphatic rings. The molecule has 0 radical (unpaired) electrons. The SMILES string of the molecule is C=CCOCCOC(C)(C)C(=O)Cl. The lowest BCUT2D eigenvalue weighted by atomic mass is 10.2. The minimum Gasteiger partial charge on any atom is -0.375 e. The molecule has 0 spiro atoms. The molecule has 0 fully saturated rings. The quantitative estimate of drug-likeness (QED) is 0.362. The van der Waals surface area contributed by atoms with Crippen molar-refractivity contribution >= 4 is 16.8 Å². The van der Waals surface area contributed by atoms with Gasteiger partial charge in [-0.25, -0.2) is 0 Å². The summed E-state index contributed by atoms with van der Waals surface area (Å²) in [6.07, 6.45) is 1.65. The molecule has 0 aromatic heterocycles. The molecule has 0 N–H and O–H groups in total.